The Hall–Kier alpha value is -0.200. The number of hydrogen-bond acceptors (Lipinski definition) is 5. The van der Waals surface area contributed by atoms with Gasteiger partial charge >= 0.3 is 0 Å². The molecule has 72 valence electrons. The molecule has 0 bridgehead atoms. The number of rotatable bonds is 2. The van der Waals surface area contributed by atoms with E-state index in [1.54, 1.807) is 0 Å². The third kappa shape index (κ3) is 1.94. The minimum absolute atomic E-state index is 0.230. The Morgan fingerprint density at radius 1 is 1.50 bits per heavy atom. The van der Waals surface area contributed by atoms with Crippen LogP contribution in [0.25, 0.3) is 0 Å². The van der Waals surface area contributed by atoms with Gasteiger partial charge in [-0.1, -0.05) is 0 Å². The van der Waals surface area contributed by atoms with E-state index in [-0.39, 0.29) is 13.0 Å². The Morgan fingerprint density at radius 3 is 2.67 bits per heavy atom. The van der Waals surface area contributed by atoms with Crippen molar-refractivity contribution in [2.45, 2.75) is 31.0 Å². The van der Waals surface area contributed by atoms with E-state index >= 15 is 0 Å². The first-order chi connectivity index (χ1) is 5.69. The number of methoxy groups -OCH3 is 1. The van der Waals surface area contributed by atoms with Gasteiger partial charge in [0.2, 0.25) is 0 Å². The molecule has 3 N–H and O–H groups in total. The highest BCUT2D eigenvalue weighted by Gasteiger charge is 2.36. The summed E-state index contributed by atoms with van der Waals surface area (Å²) in [7, 11) is 1.45. The quantitative estimate of drug-likeness (QED) is 0.477. The SMILES string of the molecule is CO[C@H]1C[C@H](O)[C@H](O)[C@H](CO)O1. The fraction of sp³-hybridized carbons (Fsp3) is 1.00. The van der Waals surface area contributed by atoms with E-state index in [9.17, 15) is 10.2 Å². The summed E-state index contributed by atoms with van der Waals surface area (Å²) in [5.74, 6) is 0. The van der Waals surface area contributed by atoms with Gasteiger partial charge in [0.1, 0.15) is 12.2 Å². The van der Waals surface area contributed by atoms with Gasteiger partial charge in [-0.15, -0.1) is 0 Å². The summed E-state index contributed by atoms with van der Waals surface area (Å²) in [6.45, 7) is -0.321. The molecule has 0 aromatic heterocycles. The summed E-state index contributed by atoms with van der Waals surface area (Å²) in [4.78, 5) is 0. The third-order valence-electron chi connectivity index (χ3n) is 1.98. The van der Waals surface area contributed by atoms with Crippen LogP contribution in [0.3, 0.4) is 0 Å². The van der Waals surface area contributed by atoms with E-state index in [0.717, 1.165) is 0 Å². The van der Waals surface area contributed by atoms with E-state index in [0.29, 0.717) is 0 Å². The largest absolute Gasteiger partial charge is 0.394 e. The standard InChI is InChI=1S/C7H14O5/c1-11-6-2-4(9)7(10)5(3-8)12-6/h4-10H,2-3H2,1H3/t4-,5-,6+,7-/m0/s1. The third-order valence-corrected chi connectivity index (χ3v) is 1.98. The molecule has 12 heavy (non-hydrogen) atoms. The number of ether oxygens (including phenoxy) is 2. The minimum Gasteiger partial charge on any atom is -0.394 e. The van der Waals surface area contributed by atoms with E-state index in [4.69, 9.17) is 14.6 Å². The zero-order chi connectivity index (χ0) is 9.14. The molecule has 4 atom stereocenters. The van der Waals surface area contributed by atoms with Crippen molar-refractivity contribution < 1.29 is 24.8 Å². The van der Waals surface area contributed by atoms with Gasteiger partial charge in [0, 0.05) is 13.5 Å². The van der Waals surface area contributed by atoms with Crippen molar-refractivity contribution >= 4 is 0 Å². The molecule has 0 aromatic carbocycles. The second-order valence-electron chi connectivity index (χ2n) is 2.82. The van der Waals surface area contributed by atoms with Crippen LogP contribution in [0, 0.1) is 0 Å². The molecule has 1 aliphatic heterocycles. The average Bonchev–Trinajstić information content (AvgIpc) is 2.09. The van der Waals surface area contributed by atoms with Gasteiger partial charge in [0.05, 0.1) is 12.7 Å². The molecule has 0 unspecified atom stereocenters. The van der Waals surface area contributed by atoms with Crippen LogP contribution >= 0.6 is 0 Å². The van der Waals surface area contributed by atoms with Gasteiger partial charge in [-0.3, -0.25) is 0 Å². The lowest BCUT2D eigenvalue weighted by Crippen LogP contribution is -2.50. The number of aliphatic hydroxyl groups excluding tert-OH is 3. The van der Waals surface area contributed by atoms with Crippen LogP contribution in [0.2, 0.25) is 0 Å². The lowest BCUT2D eigenvalue weighted by Gasteiger charge is -2.35. The Kier molecular flexibility index (Phi) is 3.42. The van der Waals surface area contributed by atoms with Gasteiger partial charge < -0.3 is 24.8 Å². The summed E-state index contributed by atoms with van der Waals surface area (Å²) in [6, 6.07) is 0. The molecule has 0 spiro atoms. The normalized spacial score (nSPS) is 43.0. The summed E-state index contributed by atoms with van der Waals surface area (Å²) in [5.41, 5.74) is 0. The molecular formula is C7H14O5. The molecule has 1 rings (SSSR count). The highest BCUT2D eigenvalue weighted by molar-refractivity contribution is 4.81. The number of hydrogen-bond donors (Lipinski definition) is 3. The first kappa shape index (κ1) is 9.88. The van der Waals surface area contributed by atoms with Crippen LogP contribution in [0.5, 0.6) is 0 Å². The molecule has 0 saturated carbocycles. The molecule has 5 nitrogen and oxygen atoms in total. The lowest BCUT2D eigenvalue weighted by atomic mass is 10.0. The maximum atomic E-state index is 9.26. The van der Waals surface area contributed by atoms with Crippen LogP contribution < -0.4 is 0 Å². The lowest BCUT2D eigenvalue weighted by molar-refractivity contribution is -0.248. The van der Waals surface area contributed by atoms with Crippen LogP contribution in [0.15, 0.2) is 0 Å². The smallest absolute Gasteiger partial charge is 0.160 e. The summed E-state index contributed by atoms with van der Waals surface area (Å²) in [6.07, 6.45) is -2.98. The van der Waals surface area contributed by atoms with Crippen molar-refractivity contribution in [3.63, 3.8) is 0 Å². The zero-order valence-corrected chi connectivity index (χ0v) is 6.88. The summed E-state index contributed by atoms with van der Waals surface area (Å²) >= 11 is 0. The first-order valence-corrected chi connectivity index (χ1v) is 3.84. The van der Waals surface area contributed by atoms with Crippen molar-refractivity contribution in [1.29, 1.82) is 0 Å². The topological polar surface area (TPSA) is 79.2 Å². The van der Waals surface area contributed by atoms with E-state index in [2.05, 4.69) is 0 Å². The van der Waals surface area contributed by atoms with Gasteiger partial charge in [-0.05, 0) is 0 Å². The fourth-order valence-corrected chi connectivity index (χ4v) is 1.22. The summed E-state index contributed by atoms with van der Waals surface area (Å²) < 4.78 is 9.92. The predicted octanol–water partition coefficient (Wildman–Crippen LogP) is -1.54. The minimum atomic E-state index is -1.03. The monoisotopic (exact) mass is 178 g/mol. The maximum absolute atomic E-state index is 9.26. The Morgan fingerprint density at radius 2 is 2.17 bits per heavy atom. The Labute approximate surface area is 70.5 Å². The van der Waals surface area contributed by atoms with E-state index < -0.39 is 24.6 Å². The molecule has 1 saturated heterocycles. The number of aliphatic hydroxyl groups is 3. The van der Waals surface area contributed by atoms with Gasteiger partial charge in [0.15, 0.2) is 6.29 Å². The first-order valence-electron chi connectivity index (χ1n) is 3.84. The van der Waals surface area contributed by atoms with Gasteiger partial charge in [-0.2, -0.15) is 0 Å². The van der Waals surface area contributed by atoms with Crippen molar-refractivity contribution in [3.8, 4) is 0 Å². The maximum Gasteiger partial charge on any atom is 0.160 e. The van der Waals surface area contributed by atoms with Crippen molar-refractivity contribution in [1.82, 2.24) is 0 Å². The molecule has 1 aliphatic rings. The average molecular weight is 178 g/mol. The van der Waals surface area contributed by atoms with Crippen LogP contribution in [-0.4, -0.2) is 53.6 Å². The van der Waals surface area contributed by atoms with Crippen LogP contribution in [-0.2, 0) is 9.47 Å². The van der Waals surface area contributed by atoms with Crippen molar-refractivity contribution in [3.05, 3.63) is 0 Å². The van der Waals surface area contributed by atoms with Crippen LogP contribution in [0.1, 0.15) is 6.42 Å². The van der Waals surface area contributed by atoms with E-state index in [1.165, 1.54) is 7.11 Å². The molecular weight excluding hydrogens is 164 g/mol. The molecule has 0 aromatic rings. The molecule has 1 fully saturated rings. The molecule has 1 heterocycles. The summed E-state index contributed by atoms with van der Waals surface area (Å²) in [5, 5.41) is 27.3. The van der Waals surface area contributed by atoms with E-state index in [1.807, 2.05) is 0 Å². The second-order valence-corrected chi connectivity index (χ2v) is 2.82. The molecule has 5 heteroatoms. The Balaban J connectivity index is 2.52. The molecule has 0 amide bonds. The van der Waals surface area contributed by atoms with Crippen LogP contribution in [0.4, 0.5) is 0 Å². The van der Waals surface area contributed by atoms with Gasteiger partial charge in [-0.25, -0.2) is 0 Å². The highest BCUT2D eigenvalue weighted by Crippen LogP contribution is 2.20. The Bertz CT molecular complexity index is 140. The molecule has 0 aliphatic carbocycles. The van der Waals surface area contributed by atoms with Crippen molar-refractivity contribution in [2.24, 2.45) is 0 Å². The second kappa shape index (κ2) is 4.15. The predicted molar refractivity (Wildman–Crippen MR) is 39.4 cm³/mol. The highest BCUT2D eigenvalue weighted by atomic mass is 16.7. The van der Waals surface area contributed by atoms with Crippen molar-refractivity contribution in [2.75, 3.05) is 13.7 Å². The fourth-order valence-electron chi connectivity index (χ4n) is 1.22. The zero-order valence-electron chi connectivity index (χ0n) is 6.88. The van der Waals surface area contributed by atoms with Gasteiger partial charge in [0.25, 0.3) is 0 Å². The molecule has 0 radical (unpaired) electrons.